The summed E-state index contributed by atoms with van der Waals surface area (Å²) in [5, 5.41) is 0. The molecule has 0 radical (unpaired) electrons. The SMILES string of the molecule is F.[Ca+2].[H-].[H-].[O]=[Al][OH].[O]=[Al][OH]. The van der Waals surface area contributed by atoms with E-state index in [1.807, 2.05) is 0 Å². The van der Waals surface area contributed by atoms with Gasteiger partial charge in [-0.2, -0.15) is 0 Å². The van der Waals surface area contributed by atoms with E-state index in [4.69, 9.17) is 15.9 Å². The van der Waals surface area contributed by atoms with Crippen LogP contribution in [0.3, 0.4) is 0 Å². The van der Waals surface area contributed by atoms with E-state index < -0.39 is 31.0 Å². The van der Waals surface area contributed by atoms with Crippen LogP contribution < -0.4 is 0 Å². The molecule has 0 amide bonds. The first kappa shape index (κ1) is 22.7. The Hall–Kier alpha value is 1.45. The van der Waals surface area contributed by atoms with E-state index in [0.29, 0.717) is 0 Å². The molecule has 0 heterocycles. The van der Waals surface area contributed by atoms with Crippen molar-refractivity contribution >= 4 is 68.7 Å². The van der Waals surface area contributed by atoms with Crippen LogP contribution in [-0.4, -0.2) is 77.0 Å². The molecular weight excluding hydrogens is 177 g/mol. The fraction of sp³-hybridized carbons (Fsp3) is 0. The van der Waals surface area contributed by atoms with Crippen LogP contribution in [0.2, 0.25) is 0 Å². The molecule has 0 aliphatic rings. The maximum atomic E-state index is 8.57. The van der Waals surface area contributed by atoms with Crippen molar-refractivity contribution < 1.29 is 23.5 Å². The van der Waals surface area contributed by atoms with Crippen LogP contribution in [-0.2, 0) is 7.61 Å². The van der Waals surface area contributed by atoms with E-state index in [2.05, 4.69) is 0 Å². The standard InChI is InChI=1S/2Al.Ca.FH.2H2O.2O.2H/h;;;1H;2*1H2;;;;/q2*+1;+2;;;;;;2*-1/p-2. The molecule has 44 valence electrons. The Kier molecular flexibility index (Phi) is 112. The predicted molar refractivity (Wildman–Crippen MR) is 27.8 cm³/mol. The first-order valence-electron chi connectivity index (χ1n) is 0.988. The van der Waals surface area contributed by atoms with E-state index in [0.717, 1.165) is 0 Å². The Morgan fingerprint density at radius 1 is 1.12 bits per heavy atom. The maximum absolute atomic E-state index is 8.57. The first-order valence-corrected chi connectivity index (χ1v) is 2.96. The molecule has 0 aromatic rings. The van der Waals surface area contributed by atoms with Gasteiger partial charge in [0.05, 0.1) is 0 Å². The van der Waals surface area contributed by atoms with Gasteiger partial charge >= 0.3 is 84.6 Å². The van der Waals surface area contributed by atoms with Gasteiger partial charge in [0, 0.05) is 0 Å². The fourth-order valence-corrected chi connectivity index (χ4v) is 0. The van der Waals surface area contributed by atoms with Gasteiger partial charge in [0.25, 0.3) is 0 Å². The molecule has 0 rings (SSSR count). The molecule has 0 fully saturated rings. The second-order valence-corrected chi connectivity index (χ2v) is 0.632. The molecule has 0 aromatic carbocycles. The zero-order chi connectivity index (χ0) is 5.41. The predicted octanol–water partition coefficient (Wildman–Crippen LogP) is -2.12. The van der Waals surface area contributed by atoms with Crippen molar-refractivity contribution in [3.8, 4) is 0 Å². The number of hydrogen-bond acceptors (Lipinski definition) is 2. The van der Waals surface area contributed by atoms with E-state index in [1.54, 1.807) is 0 Å². The van der Waals surface area contributed by atoms with Crippen molar-refractivity contribution in [1.29, 1.82) is 0 Å². The quantitative estimate of drug-likeness (QED) is 0.420. The molecule has 0 aliphatic carbocycles. The van der Waals surface area contributed by atoms with Crippen LogP contribution in [0.1, 0.15) is 2.85 Å². The summed E-state index contributed by atoms with van der Waals surface area (Å²) in [4.78, 5) is 0. The number of hydrogen-bond donors (Lipinski definition) is 2. The van der Waals surface area contributed by atoms with Gasteiger partial charge in [-0.05, 0) is 0 Å². The summed E-state index contributed by atoms with van der Waals surface area (Å²) in [7, 11) is 0. The molecule has 8 heteroatoms. The monoisotopic (exact) mass is 182 g/mol. The van der Waals surface area contributed by atoms with Crippen molar-refractivity contribution in [2.45, 2.75) is 0 Å². The van der Waals surface area contributed by atoms with Crippen molar-refractivity contribution in [3.05, 3.63) is 0 Å². The molecule has 8 heavy (non-hydrogen) atoms. The Bertz CT molecular complexity index is 42.2. The molecule has 0 aromatic heterocycles. The average molecular weight is 182 g/mol. The third-order valence-electron chi connectivity index (χ3n) is 0. The average Bonchev–Trinajstić information content (AvgIpc) is 1.39. The van der Waals surface area contributed by atoms with Crippen molar-refractivity contribution in [2.75, 3.05) is 0 Å². The van der Waals surface area contributed by atoms with Gasteiger partial charge in [-0.1, -0.05) is 0 Å². The Balaban J connectivity index is -0.00000000571. The van der Waals surface area contributed by atoms with Crippen LogP contribution in [0.4, 0.5) is 4.70 Å². The molecular formula is H5Al2CaFO4. The van der Waals surface area contributed by atoms with Gasteiger partial charge in [-0.3, -0.25) is 4.70 Å². The summed E-state index contributed by atoms with van der Waals surface area (Å²) >= 11 is -3.00. The van der Waals surface area contributed by atoms with E-state index in [-0.39, 0.29) is 45.3 Å². The molecule has 0 aliphatic heterocycles. The zero-order valence-corrected chi connectivity index (χ0v) is 8.50. The number of rotatable bonds is 0. The van der Waals surface area contributed by atoms with E-state index in [1.165, 1.54) is 0 Å². The molecule has 0 atom stereocenters. The van der Waals surface area contributed by atoms with Gasteiger partial charge in [0.1, 0.15) is 0 Å². The molecule has 0 spiro atoms. The topological polar surface area (TPSA) is 74.6 Å². The molecule has 0 unspecified atom stereocenters. The van der Waals surface area contributed by atoms with Gasteiger partial charge in [-0.25, -0.2) is 0 Å². The van der Waals surface area contributed by atoms with E-state index in [9.17, 15) is 0 Å². The summed E-state index contributed by atoms with van der Waals surface area (Å²) in [6, 6.07) is 0. The summed E-state index contributed by atoms with van der Waals surface area (Å²) in [5.41, 5.74) is 0. The van der Waals surface area contributed by atoms with Crippen LogP contribution in [0.5, 0.6) is 0 Å². The molecule has 0 saturated heterocycles. The van der Waals surface area contributed by atoms with Gasteiger partial charge in [0.15, 0.2) is 0 Å². The van der Waals surface area contributed by atoms with Crippen LogP contribution in [0, 0.1) is 0 Å². The minimum absolute atomic E-state index is 0. The Morgan fingerprint density at radius 3 is 1.12 bits per heavy atom. The van der Waals surface area contributed by atoms with Gasteiger partial charge < -0.3 is 2.85 Å². The first-order chi connectivity index (χ1) is 2.83. The molecule has 2 N–H and O–H groups in total. The minimum atomic E-state index is -1.50. The molecule has 0 saturated carbocycles. The molecule has 4 nitrogen and oxygen atoms in total. The summed E-state index contributed by atoms with van der Waals surface area (Å²) in [6.07, 6.45) is 0. The summed E-state index contributed by atoms with van der Waals surface area (Å²) in [5.74, 6) is 0. The van der Waals surface area contributed by atoms with Gasteiger partial charge in [-0.15, -0.1) is 0 Å². The fourth-order valence-electron chi connectivity index (χ4n) is 0. The second kappa shape index (κ2) is 39.4. The van der Waals surface area contributed by atoms with Crippen LogP contribution in [0.25, 0.3) is 0 Å². The second-order valence-electron chi connectivity index (χ2n) is 0.211. The Labute approximate surface area is 91.1 Å². The normalized spacial score (nSPS) is 2.00. The zero-order valence-electron chi connectivity index (χ0n) is 5.98. The molecule has 0 bridgehead atoms. The van der Waals surface area contributed by atoms with Crippen LogP contribution >= 0.6 is 0 Å². The van der Waals surface area contributed by atoms with Crippen LogP contribution in [0.15, 0.2) is 0 Å². The third kappa shape index (κ3) is 147. The van der Waals surface area contributed by atoms with Crippen molar-refractivity contribution in [1.82, 2.24) is 0 Å². The van der Waals surface area contributed by atoms with Gasteiger partial charge in [0.2, 0.25) is 0 Å². The summed E-state index contributed by atoms with van der Waals surface area (Å²) in [6.45, 7) is 0. The van der Waals surface area contributed by atoms with Crippen molar-refractivity contribution in [3.63, 3.8) is 0 Å². The van der Waals surface area contributed by atoms with Crippen molar-refractivity contribution in [2.24, 2.45) is 0 Å². The third-order valence-corrected chi connectivity index (χ3v) is 0. The number of halogens is 1. The van der Waals surface area contributed by atoms with E-state index >= 15 is 0 Å². The summed E-state index contributed by atoms with van der Waals surface area (Å²) < 4.78 is 31.3. The Morgan fingerprint density at radius 2 is 1.12 bits per heavy atom.